The zero-order valence-corrected chi connectivity index (χ0v) is 9.43. The molecule has 0 amide bonds. The normalized spacial score (nSPS) is 10.2. The Morgan fingerprint density at radius 2 is 2.43 bits per heavy atom. The smallest absolute Gasteiger partial charge is 0.185 e. The summed E-state index contributed by atoms with van der Waals surface area (Å²) >= 11 is 1.47. The molecular formula is C9H14N2O2S. The van der Waals surface area contributed by atoms with Gasteiger partial charge in [-0.2, -0.15) is 0 Å². The van der Waals surface area contributed by atoms with Gasteiger partial charge in [-0.3, -0.25) is 4.79 Å². The molecule has 0 aromatic carbocycles. The molecule has 1 rings (SSSR count). The summed E-state index contributed by atoms with van der Waals surface area (Å²) in [5, 5.41) is 2.63. The van der Waals surface area contributed by atoms with Crippen LogP contribution in [0.15, 0.2) is 5.38 Å². The number of ketones is 1. The maximum atomic E-state index is 11.0. The Morgan fingerprint density at radius 1 is 1.71 bits per heavy atom. The lowest BCUT2D eigenvalue weighted by atomic mass is 10.4. The number of anilines is 1. The molecular weight excluding hydrogens is 200 g/mol. The Morgan fingerprint density at radius 3 is 2.93 bits per heavy atom. The zero-order valence-electron chi connectivity index (χ0n) is 8.61. The predicted octanol–water partition coefficient (Wildman–Crippen LogP) is 1.43. The maximum Gasteiger partial charge on any atom is 0.185 e. The van der Waals surface area contributed by atoms with E-state index < -0.39 is 0 Å². The van der Waals surface area contributed by atoms with E-state index >= 15 is 0 Å². The summed E-state index contributed by atoms with van der Waals surface area (Å²) in [7, 11) is 3.60. The fourth-order valence-electron chi connectivity index (χ4n) is 0.925. The fraction of sp³-hybridized carbons (Fsp3) is 0.556. The molecule has 14 heavy (non-hydrogen) atoms. The van der Waals surface area contributed by atoms with E-state index in [1.807, 2.05) is 11.9 Å². The van der Waals surface area contributed by atoms with Crippen LogP contribution in [0, 0.1) is 0 Å². The van der Waals surface area contributed by atoms with Crippen LogP contribution in [0.25, 0.3) is 0 Å². The quantitative estimate of drug-likeness (QED) is 0.695. The Labute approximate surface area is 87.5 Å². The molecule has 0 aliphatic carbocycles. The average molecular weight is 214 g/mol. The van der Waals surface area contributed by atoms with Gasteiger partial charge in [0.15, 0.2) is 10.9 Å². The first-order valence-corrected chi connectivity index (χ1v) is 5.19. The van der Waals surface area contributed by atoms with Crippen molar-refractivity contribution in [2.45, 2.75) is 6.92 Å². The van der Waals surface area contributed by atoms with Crippen molar-refractivity contribution < 1.29 is 9.53 Å². The van der Waals surface area contributed by atoms with Gasteiger partial charge in [-0.05, 0) is 0 Å². The highest BCUT2D eigenvalue weighted by molar-refractivity contribution is 7.13. The highest BCUT2D eigenvalue weighted by Gasteiger charge is 2.08. The summed E-state index contributed by atoms with van der Waals surface area (Å²) in [6, 6.07) is 0. The highest BCUT2D eigenvalue weighted by Crippen LogP contribution is 2.19. The molecule has 0 aliphatic heterocycles. The Hall–Kier alpha value is -0.940. The van der Waals surface area contributed by atoms with Crippen LogP contribution in [0.5, 0.6) is 0 Å². The van der Waals surface area contributed by atoms with Crippen LogP contribution in [0.2, 0.25) is 0 Å². The molecule has 1 heterocycles. The van der Waals surface area contributed by atoms with Crippen LogP contribution in [0.4, 0.5) is 5.13 Å². The van der Waals surface area contributed by atoms with Crippen molar-refractivity contribution in [2.24, 2.45) is 0 Å². The van der Waals surface area contributed by atoms with Crippen LogP contribution >= 0.6 is 11.3 Å². The monoisotopic (exact) mass is 214 g/mol. The molecule has 5 heteroatoms. The molecule has 0 saturated heterocycles. The molecule has 1 aromatic rings. The molecule has 0 radical (unpaired) electrons. The van der Waals surface area contributed by atoms with Crippen LogP contribution in [-0.4, -0.2) is 38.1 Å². The number of Topliss-reactive ketones (excluding diaryl/α,β-unsaturated/α-hetero) is 1. The number of methoxy groups -OCH3 is 1. The second-order valence-electron chi connectivity index (χ2n) is 2.99. The Balaban J connectivity index is 2.61. The number of rotatable bonds is 5. The predicted molar refractivity (Wildman–Crippen MR) is 57.3 cm³/mol. The molecule has 0 fully saturated rings. The Kier molecular flexibility index (Phi) is 4.03. The molecule has 0 bridgehead atoms. The molecule has 0 unspecified atom stereocenters. The second-order valence-corrected chi connectivity index (χ2v) is 3.82. The van der Waals surface area contributed by atoms with Crippen molar-refractivity contribution in [1.82, 2.24) is 4.98 Å². The lowest BCUT2D eigenvalue weighted by molar-refractivity contribution is 0.101. The summed E-state index contributed by atoms with van der Waals surface area (Å²) < 4.78 is 4.96. The first kappa shape index (κ1) is 11.1. The molecule has 78 valence electrons. The average Bonchev–Trinajstić information content (AvgIpc) is 2.62. The minimum absolute atomic E-state index is 0.00708. The highest BCUT2D eigenvalue weighted by atomic mass is 32.1. The SMILES string of the molecule is COCCN(C)c1nc(C(C)=O)cs1. The molecule has 0 N–H and O–H groups in total. The van der Waals surface area contributed by atoms with Gasteiger partial charge < -0.3 is 9.64 Å². The lowest BCUT2D eigenvalue weighted by Crippen LogP contribution is -2.21. The lowest BCUT2D eigenvalue weighted by Gasteiger charge is -2.14. The van der Waals surface area contributed by atoms with E-state index in [0.29, 0.717) is 12.3 Å². The van der Waals surface area contributed by atoms with Gasteiger partial charge in [0.1, 0.15) is 5.69 Å². The third-order valence-electron chi connectivity index (χ3n) is 1.81. The van der Waals surface area contributed by atoms with E-state index in [1.165, 1.54) is 18.3 Å². The van der Waals surface area contributed by atoms with Crippen LogP contribution in [0.3, 0.4) is 0 Å². The zero-order chi connectivity index (χ0) is 10.6. The molecule has 4 nitrogen and oxygen atoms in total. The number of nitrogens with zero attached hydrogens (tertiary/aromatic N) is 2. The fourth-order valence-corrected chi connectivity index (χ4v) is 1.78. The molecule has 1 aromatic heterocycles. The number of aromatic nitrogens is 1. The summed E-state index contributed by atoms with van der Waals surface area (Å²) in [6.45, 7) is 2.96. The van der Waals surface area contributed by atoms with E-state index in [2.05, 4.69) is 4.98 Å². The topological polar surface area (TPSA) is 42.4 Å². The van der Waals surface area contributed by atoms with E-state index in [0.717, 1.165) is 11.7 Å². The van der Waals surface area contributed by atoms with E-state index in [4.69, 9.17) is 4.74 Å². The van der Waals surface area contributed by atoms with Gasteiger partial charge in [-0.25, -0.2) is 4.98 Å². The van der Waals surface area contributed by atoms with Crippen LogP contribution in [0.1, 0.15) is 17.4 Å². The standard InChI is InChI=1S/C9H14N2O2S/c1-7(12)8-6-14-9(10-8)11(2)4-5-13-3/h6H,4-5H2,1-3H3. The number of thiazole rings is 1. The summed E-state index contributed by atoms with van der Waals surface area (Å²) in [5.41, 5.74) is 0.536. The number of likely N-dealkylation sites (N-methyl/N-ethyl adjacent to an activating group) is 1. The van der Waals surface area contributed by atoms with E-state index in [-0.39, 0.29) is 5.78 Å². The summed E-state index contributed by atoms with van der Waals surface area (Å²) in [4.78, 5) is 17.2. The van der Waals surface area contributed by atoms with Gasteiger partial charge >= 0.3 is 0 Å². The van der Waals surface area contributed by atoms with Crippen molar-refractivity contribution in [3.63, 3.8) is 0 Å². The minimum atomic E-state index is 0.00708. The van der Waals surface area contributed by atoms with Gasteiger partial charge in [0, 0.05) is 33.0 Å². The molecule has 0 spiro atoms. The maximum absolute atomic E-state index is 11.0. The molecule has 0 saturated carbocycles. The van der Waals surface area contributed by atoms with Crippen molar-refractivity contribution in [3.05, 3.63) is 11.1 Å². The summed E-state index contributed by atoms with van der Waals surface area (Å²) in [6.07, 6.45) is 0. The third kappa shape index (κ3) is 2.78. The first-order chi connectivity index (χ1) is 6.65. The Bertz CT molecular complexity index is 312. The van der Waals surface area contributed by atoms with Gasteiger partial charge in [0.2, 0.25) is 0 Å². The van der Waals surface area contributed by atoms with Gasteiger partial charge in [-0.1, -0.05) is 0 Å². The first-order valence-electron chi connectivity index (χ1n) is 4.31. The molecule has 0 atom stereocenters. The number of carbonyl (C=O) groups excluding carboxylic acids is 1. The largest absolute Gasteiger partial charge is 0.383 e. The van der Waals surface area contributed by atoms with Crippen LogP contribution in [-0.2, 0) is 4.74 Å². The third-order valence-corrected chi connectivity index (χ3v) is 2.77. The van der Waals surface area contributed by atoms with E-state index in [1.54, 1.807) is 12.5 Å². The second kappa shape index (κ2) is 5.07. The van der Waals surface area contributed by atoms with Gasteiger partial charge in [0.05, 0.1) is 6.61 Å². The van der Waals surface area contributed by atoms with Crippen molar-refractivity contribution >= 4 is 22.3 Å². The number of ether oxygens (including phenoxy) is 1. The van der Waals surface area contributed by atoms with Gasteiger partial charge in [-0.15, -0.1) is 11.3 Å². The molecule has 0 aliphatic rings. The number of hydrogen-bond acceptors (Lipinski definition) is 5. The minimum Gasteiger partial charge on any atom is -0.383 e. The van der Waals surface area contributed by atoms with Crippen molar-refractivity contribution in [3.8, 4) is 0 Å². The number of hydrogen-bond donors (Lipinski definition) is 0. The van der Waals surface area contributed by atoms with Crippen molar-refractivity contribution in [2.75, 3.05) is 32.2 Å². The van der Waals surface area contributed by atoms with Crippen LogP contribution < -0.4 is 4.90 Å². The summed E-state index contributed by atoms with van der Waals surface area (Å²) in [5.74, 6) is 0.00708. The van der Waals surface area contributed by atoms with Crippen molar-refractivity contribution in [1.29, 1.82) is 0 Å². The number of carbonyl (C=O) groups is 1. The van der Waals surface area contributed by atoms with E-state index in [9.17, 15) is 4.79 Å². The van der Waals surface area contributed by atoms with Gasteiger partial charge in [0.25, 0.3) is 0 Å².